The molecule has 0 spiro atoms. The van der Waals surface area contributed by atoms with Crippen LogP contribution in [0.2, 0.25) is 0 Å². The predicted molar refractivity (Wildman–Crippen MR) is 43.4 cm³/mol. The summed E-state index contributed by atoms with van der Waals surface area (Å²) < 4.78 is 49.7. The normalized spacial score (nSPS) is 11.1. The topological polar surface area (TPSA) is 23.8 Å². The number of halogens is 4. The molecule has 1 rings (SSSR count). The van der Waals surface area contributed by atoms with Crippen molar-refractivity contribution in [3.05, 3.63) is 29.1 Å². The lowest BCUT2D eigenvalue weighted by molar-refractivity contribution is -0.142. The first-order valence-corrected chi connectivity index (χ1v) is 3.81. The number of rotatable bonds is 0. The number of hydrogen-bond donors (Lipinski definition) is 1. The zero-order valence-corrected chi connectivity index (χ0v) is 7.46. The van der Waals surface area contributed by atoms with E-state index in [1.54, 1.807) is 0 Å². The summed E-state index contributed by atoms with van der Waals surface area (Å²) in [5.74, 6) is -1.58. The lowest BCUT2D eigenvalue weighted by Crippen LogP contribution is -2.10. The van der Waals surface area contributed by atoms with E-state index in [4.69, 9.17) is 5.26 Å². The molecular weight excluding hydrogens is 218 g/mol. The third kappa shape index (κ3) is 1.82. The molecule has 0 aliphatic carbocycles. The predicted octanol–water partition coefficient (Wildman–Crippen LogP) is 3.00. The number of nitriles is 1. The molecule has 74 valence electrons. The second kappa shape index (κ2) is 3.50. The summed E-state index contributed by atoms with van der Waals surface area (Å²) in [7, 11) is 0. The van der Waals surface area contributed by atoms with Crippen LogP contribution in [0.4, 0.5) is 17.6 Å². The van der Waals surface area contributed by atoms with Gasteiger partial charge in [0.2, 0.25) is 0 Å². The Balaban J connectivity index is 3.50. The highest BCUT2D eigenvalue weighted by atomic mass is 32.1. The van der Waals surface area contributed by atoms with Gasteiger partial charge in [0.25, 0.3) is 0 Å². The van der Waals surface area contributed by atoms with Crippen molar-refractivity contribution in [2.75, 3.05) is 0 Å². The summed E-state index contributed by atoms with van der Waals surface area (Å²) in [4.78, 5) is -0.533. The van der Waals surface area contributed by atoms with Crippen molar-refractivity contribution in [1.29, 1.82) is 5.26 Å². The van der Waals surface area contributed by atoms with Crippen LogP contribution in [-0.4, -0.2) is 0 Å². The van der Waals surface area contributed by atoms with Crippen molar-refractivity contribution in [2.45, 2.75) is 11.1 Å². The van der Waals surface area contributed by atoms with Crippen molar-refractivity contribution in [3.63, 3.8) is 0 Å². The first-order chi connectivity index (χ1) is 6.38. The summed E-state index contributed by atoms with van der Waals surface area (Å²) in [6.07, 6.45) is -4.84. The Morgan fingerprint density at radius 1 is 1.29 bits per heavy atom. The van der Waals surface area contributed by atoms with Gasteiger partial charge in [0.05, 0.1) is 5.56 Å². The van der Waals surface area contributed by atoms with Gasteiger partial charge in [-0.15, -0.1) is 12.6 Å². The van der Waals surface area contributed by atoms with E-state index in [2.05, 4.69) is 12.6 Å². The van der Waals surface area contributed by atoms with Gasteiger partial charge in [-0.3, -0.25) is 0 Å². The minimum absolute atomic E-state index is 0.533. The summed E-state index contributed by atoms with van der Waals surface area (Å²) in [6, 6.07) is 3.22. The molecule has 0 amide bonds. The van der Waals surface area contributed by atoms with E-state index in [0.717, 1.165) is 12.1 Å². The van der Waals surface area contributed by atoms with Crippen molar-refractivity contribution in [3.8, 4) is 6.07 Å². The molecule has 6 heteroatoms. The molecule has 0 radical (unpaired) electrons. The molecule has 0 N–H and O–H groups in total. The summed E-state index contributed by atoms with van der Waals surface area (Å²) in [5, 5.41) is 8.32. The van der Waals surface area contributed by atoms with Gasteiger partial charge in [-0.2, -0.15) is 18.4 Å². The molecule has 14 heavy (non-hydrogen) atoms. The highest BCUT2D eigenvalue weighted by molar-refractivity contribution is 7.80. The summed E-state index contributed by atoms with van der Waals surface area (Å²) in [5.41, 5.74) is -2.14. The van der Waals surface area contributed by atoms with Crippen molar-refractivity contribution >= 4 is 12.6 Å². The van der Waals surface area contributed by atoms with E-state index in [-0.39, 0.29) is 0 Å². The van der Waals surface area contributed by atoms with E-state index in [9.17, 15) is 17.6 Å². The highest BCUT2D eigenvalue weighted by Gasteiger charge is 2.37. The fourth-order valence-electron chi connectivity index (χ4n) is 0.922. The Kier molecular flexibility index (Phi) is 2.71. The number of alkyl halides is 3. The summed E-state index contributed by atoms with van der Waals surface area (Å²) in [6.45, 7) is 0. The molecule has 1 aromatic rings. The molecular formula is C8H3F4NS. The van der Waals surface area contributed by atoms with Gasteiger partial charge in [-0.05, 0) is 12.1 Å². The fourth-order valence-corrected chi connectivity index (χ4v) is 1.22. The average Bonchev–Trinajstić information content (AvgIpc) is 2.02. The molecule has 1 aromatic carbocycles. The molecule has 0 fully saturated rings. The molecule has 0 aromatic heterocycles. The van der Waals surface area contributed by atoms with Gasteiger partial charge in [-0.25, -0.2) is 4.39 Å². The van der Waals surface area contributed by atoms with Crippen molar-refractivity contribution in [2.24, 2.45) is 0 Å². The van der Waals surface area contributed by atoms with Gasteiger partial charge in [0.1, 0.15) is 11.6 Å². The highest BCUT2D eigenvalue weighted by Crippen LogP contribution is 2.36. The van der Waals surface area contributed by atoms with E-state index in [0.29, 0.717) is 0 Å². The number of nitrogens with zero attached hydrogens (tertiary/aromatic N) is 1. The average molecular weight is 221 g/mol. The van der Waals surface area contributed by atoms with Crippen LogP contribution in [0.25, 0.3) is 0 Å². The quantitative estimate of drug-likeness (QED) is 0.528. The molecule has 0 atom stereocenters. The zero-order chi connectivity index (χ0) is 10.9. The number of benzene rings is 1. The summed E-state index contributed by atoms with van der Waals surface area (Å²) >= 11 is 3.48. The lowest BCUT2D eigenvalue weighted by Gasteiger charge is -2.10. The van der Waals surface area contributed by atoms with Gasteiger partial charge in [-0.1, -0.05) is 0 Å². The monoisotopic (exact) mass is 221 g/mol. The molecule has 0 aliphatic heterocycles. The van der Waals surface area contributed by atoms with Gasteiger partial charge in [0.15, 0.2) is 5.82 Å². The minimum atomic E-state index is -4.84. The molecule has 0 heterocycles. The SMILES string of the molecule is N#Cc1ccc(S)c(C(F)(F)F)c1F. The van der Waals surface area contributed by atoms with Crippen LogP contribution in [-0.2, 0) is 6.18 Å². The van der Waals surface area contributed by atoms with Crippen LogP contribution < -0.4 is 0 Å². The van der Waals surface area contributed by atoms with Crippen LogP contribution >= 0.6 is 12.6 Å². The minimum Gasteiger partial charge on any atom is -0.205 e. The van der Waals surface area contributed by atoms with E-state index in [1.165, 1.54) is 6.07 Å². The van der Waals surface area contributed by atoms with Gasteiger partial charge < -0.3 is 0 Å². The molecule has 0 saturated carbocycles. The molecule has 1 nitrogen and oxygen atoms in total. The van der Waals surface area contributed by atoms with E-state index >= 15 is 0 Å². The number of thiol groups is 1. The smallest absolute Gasteiger partial charge is 0.205 e. The van der Waals surface area contributed by atoms with E-state index < -0.39 is 28.0 Å². The first kappa shape index (κ1) is 10.9. The Bertz CT molecular complexity index is 405. The Morgan fingerprint density at radius 2 is 1.86 bits per heavy atom. The van der Waals surface area contributed by atoms with Gasteiger partial charge in [0, 0.05) is 4.90 Å². The second-order valence-corrected chi connectivity index (χ2v) is 2.91. The Labute approximate surface area is 82.4 Å². The Hall–Kier alpha value is -1.22. The molecule has 0 aliphatic rings. The standard InChI is InChI=1S/C8H3F4NS/c9-7-4(3-13)1-2-5(14)6(7)8(10,11)12/h1-2,14H. The first-order valence-electron chi connectivity index (χ1n) is 3.36. The van der Waals surface area contributed by atoms with Crippen LogP contribution in [0.5, 0.6) is 0 Å². The molecule has 0 saturated heterocycles. The van der Waals surface area contributed by atoms with Crippen molar-refractivity contribution in [1.82, 2.24) is 0 Å². The van der Waals surface area contributed by atoms with E-state index in [1.807, 2.05) is 0 Å². The van der Waals surface area contributed by atoms with Crippen molar-refractivity contribution < 1.29 is 17.6 Å². The second-order valence-electron chi connectivity index (χ2n) is 2.43. The fraction of sp³-hybridized carbons (Fsp3) is 0.125. The third-order valence-corrected chi connectivity index (χ3v) is 1.90. The maximum absolute atomic E-state index is 13.0. The maximum atomic E-state index is 13.0. The zero-order valence-electron chi connectivity index (χ0n) is 6.56. The van der Waals surface area contributed by atoms with Crippen LogP contribution in [0.15, 0.2) is 17.0 Å². The third-order valence-electron chi connectivity index (χ3n) is 1.52. The molecule has 0 bridgehead atoms. The Morgan fingerprint density at radius 3 is 2.29 bits per heavy atom. The molecule has 0 unspecified atom stereocenters. The van der Waals surface area contributed by atoms with Gasteiger partial charge >= 0.3 is 6.18 Å². The number of hydrogen-bond acceptors (Lipinski definition) is 2. The largest absolute Gasteiger partial charge is 0.420 e. The maximum Gasteiger partial charge on any atom is 0.420 e. The van der Waals surface area contributed by atoms with Crippen LogP contribution in [0.3, 0.4) is 0 Å². The van der Waals surface area contributed by atoms with Crippen LogP contribution in [0.1, 0.15) is 11.1 Å². The lowest BCUT2D eigenvalue weighted by atomic mass is 10.1. The van der Waals surface area contributed by atoms with Crippen LogP contribution in [0, 0.1) is 17.1 Å².